The second kappa shape index (κ2) is 8.41. The van der Waals surface area contributed by atoms with Gasteiger partial charge in [0.1, 0.15) is 11.5 Å². The molecule has 2 aromatic carbocycles. The molecule has 2 N–H and O–H groups in total. The van der Waals surface area contributed by atoms with E-state index in [9.17, 15) is 9.90 Å². The first-order valence-corrected chi connectivity index (χ1v) is 9.35. The fraction of sp³-hybridized carbons (Fsp3) is 0.182. The van der Waals surface area contributed by atoms with Gasteiger partial charge in [0.25, 0.3) is 5.91 Å². The quantitative estimate of drug-likeness (QED) is 0.478. The van der Waals surface area contributed by atoms with Crippen molar-refractivity contribution in [1.82, 2.24) is 9.99 Å². The summed E-state index contributed by atoms with van der Waals surface area (Å²) in [6.45, 7) is 5.92. The van der Waals surface area contributed by atoms with E-state index in [0.29, 0.717) is 10.8 Å². The summed E-state index contributed by atoms with van der Waals surface area (Å²) in [4.78, 5) is 12.3. The normalized spacial score (nSPS) is 11.1. The Bertz CT molecular complexity index is 1100. The van der Waals surface area contributed by atoms with Gasteiger partial charge in [0.2, 0.25) is 0 Å². The van der Waals surface area contributed by atoms with E-state index < -0.39 is 5.91 Å². The van der Waals surface area contributed by atoms with E-state index in [4.69, 9.17) is 16.3 Å². The van der Waals surface area contributed by atoms with Gasteiger partial charge < -0.3 is 14.4 Å². The number of aryl methyl sites for hydroxylation is 2. The van der Waals surface area contributed by atoms with E-state index in [1.807, 2.05) is 45.0 Å². The standard InChI is InChI=1S/C22H22ClN3O3/c1-13-5-6-17(10-20(13)23)26-14(2)9-16(15(26)3)12-24-25-22(28)19-8-7-18(29-4)11-21(19)27/h5-12,27H,1-4H3,(H,25,28)/b24-12-. The lowest BCUT2D eigenvalue weighted by atomic mass is 10.2. The molecule has 6 nitrogen and oxygen atoms in total. The van der Waals surface area contributed by atoms with Crippen molar-refractivity contribution in [1.29, 1.82) is 0 Å². The van der Waals surface area contributed by atoms with Gasteiger partial charge in [0, 0.05) is 33.7 Å². The maximum Gasteiger partial charge on any atom is 0.275 e. The van der Waals surface area contributed by atoms with E-state index in [1.54, 1.807) is 12.3 Å². The van der Waals surface area contributed by atoms with Crippen molar-refractivity contribution in [2.75, 3.05) is 7.11 Å². The first kappa shape index (κ1) is 20.5. The molecular weight excluding hydrogens is 390 g/mol. The van der Waals surface area contributed by atoms with E-state index in [1.165, 1.54) is 19.2 Å². The van der Waals surface area contributed by atoms with Crippen molar-refractivity contribution in [2.24, 2.45) is 5.10 Å². The largest absolute Gasteiger partial charge is 0.507 e. The molecule has 0 spiro atoms. The predicted molar refractivity (Wildman–Crippen MR) is 115 cm³/mol. The number of phenols is 1. The van der Waals surface area contributed by atoms with E-state index >= 15 is 0 Å². The number of methoxy groups -OCH3 is 1. The Balaban J connectivity index is 1.79. The van der Waals surface area contributed by atoms with Crippen LogP contribution >= 0.6 is 11.6 Å². The van der Waals surface area contributed by atoms with Crippen LogP contribution in [0.1, 0.15) is 32.9 Å². The Morgan fingerprint density at radius 1 is 1.17 bits per heavy atom. The summed E-state index contributed by atoms with van der Waals surface area (Å²) >= 11 is 6.27. The molecular formula is C22H22ClN3O3. The number of nitrogens with zero attached hydrogens (tertiary/aromatic N) is 2. The number of amides is 1. The van der Waals surface area contributed by atoms with Crippen LogP contribution in [0.15, 0.2) is 47.6 Å². The number of hydrazone groups is 1. The molecule has 0 unspecified atom stereocenters. The molecule has 3 aromatic rings. The predicted octanol–water partition coefficient (Wildman–Crippen LogP) is 4.53. The average molecular weight is 412 g/mol. The van der Waals surface area contributed by atoms with Crippen LogP contribution in [-0.4, -0.2) is 28.9 Å². The van der Waals surface area contributed by atoms with Gasteiger partial charge in [-0.25, -0.2) is 5.43 Å². The molecule has 1 amide bonds. The number of halogens is 1. The smallest absolute Gasteiger partial charge is 0.275 e. The summed E-state index contributed by atoms with van der Waals surface area (Å²) in [7, 11) is 1.49. The third-order valence-corrected chi connectivity index (χ3v) is 5.11. The topological polar surface area (TPSA) is 75.8 Å². The van der Waals surface area contributed by atoms with Crippen LogP contribution in [0.3, 0.4) is 0 Å². The van der Waals surface area contributed by atoms with Crippen LogP contribution in [0, 0.1) is 20.8 Å². The summed E-state index contributed by atoms with van der Waals surface area (Å²) in [5.41, 5.74) is 7.37. The van der Waals surface area contributed by atoms with Crippen molar-refractivity contribution in [2.45, 2.75) is 20.8 Å². The van der Waals surface area contributed by atoms with Crippen molar-refractivity contribution in [3.63, 3.8) is 0 Å². The second-order valence-electron chi connectivity index (χ2n) is 6.68. The molecule has 0 bridgehead atoms. The summed E-state index contributed by atoms with van der Waals surface area (Å²) in [5, 5.41) is 14.7. The van der Waals surface area contributed by atoms with Crippen LogP contribution in [0.25, 0.3) is 5.69 Å². The molecule has 150 valence electrons. The fourth-order valence-electron chi connectivity index (χ4n) is 3.09. The number of hydrogen-bond acceptors (Lipinski definition) is 4. The first-order valence-electron chi connectivity index (χ1n) is 8.97. The molecule has 0 aliphatic carbocycles. The van der Waals surface area contributed by atoms with Gasteiger partial charge in [-0.3, -0.25) is 4.79 Å². The monoisotopic (exact) mass is 411 g/mol. The molecule has 1 heterocycles. The number of aromatic nitrogens is 1. The fourth-order valence-corrected chi connectivity index (χ4v) is 3.26. The second-order valence-corrected chi connectivity index (χ2v) is 7.08. The number of nitrogens with one attached hydrogen (secondary N) is 1. The first-order chi connectivity index (χ1) is 13.8. The van der Waals surface area contributed by atoms with Gasteiger partial charge in [0.15, 0.2) is 0 Å². The van der Waals surface area contributed by atoms with E-state index in [-0.39, 0.29) is 11.3 Å². The Labute approximate surface area is 174 Å². The maximum absolute atomic E-state index is 12.3. The van der Waals surface area contributed by atoms with Gasteiger partial charge in [-0.05, 0) is 56.7 Å². The van der Waals surface area contributed by atoms with Crippen LogP contribution in [0.5, 0.6) is 11.5 Å². The van der Waals surface area contributed by atoms with Gasteiger partial charge in [-0.15, -0.1) is 0 Å². The summed E-state index contributed by atoms with van der Waals surface area (Å²) in [6.07, 6.45) is 1.58. The summed E-state index contributed by atoms with van der Waals surface area (Å²) < 4.78 is 7.09. The third kappa shape index (κ3) is 4.27. The highest BCUT2D eigenvalue weighted by molar-refractivity contribution is 6.31. The van der Waals surface area contributed by atoms with Crippen LogP contribution in [-0.2, 0) is 0 Å². The molecule has 0 atom stereocenters. The highest BCUT2D eigenvalue weighted by atomic mass is 35.5. The van der Waals surface area contributed by atoms with E-state index in [0.717, 1.165) is 28.2 Å². The minimum absolute atomic E-state index is 0.114. The average Bonchev–Trinajstić information content (AvgIpc) is 2.97. The highest BCUT2D eigenvalue weighted by Crippen LogP contribution is 2.25. The number of carbonyl (C=O) groups excluding carboxylic acids is 1. The van der Waals surface area contributed by atoms with Crippen LogP contribution < -0.4 is 10.2 Å². The lowest BCUT2D eigenvalue weighted by molar-refractivity contribution is 0.0952. The van der Waals surface area contributed by atoms with Crippen molar-refractivity contribution in [3.05, 3.63) is 75.6 Å². The van der Waals surface area contributed by atoms with Gasteiger partial charge >= 0.3 is 0 Å². The SMILES string of the molecule is COc1ccc(C(=O)N/N=C\c2cc(C)n(-c3ccc(C)c(Cl)c3)c2C)c(O)c1. The molecule has 0 aliphatic heterocycles. The van der Waals surface area contributed by atoms with Crippen molar-refractivity contribution >= 4 is 23.7 Å². The number of ether oxygens (including phenoxy) is 1. The Morgan fingerprint density at radius 3 is 2.59 bits per heavy atom. The van der Waals surface area contributed by atoms with Crippen molar-refractivity contribution in [3.8, 4) is 17.2 Å². The Morgan fingerprint density at radius 2 is 1.93 bits per heavy atom. The molecule has 0 aliphatic rings. The molecule has 0 fully saturated rings. The van der Waals surface area contributed by atoms with Crippen LogP contribution in [0.2, 0.25) is 5.02 Å². The summed E-state index contributed by atoms with van der Waals surface area (Å²) in [5.74, 6) is -0.224. The zero-order valence-corrected chi connectivity index (χ0v) is 17.4. The summed E-state index contributed by atoms with van der Waals surface area (Å²) in [6, 6.07) is 12.3. The minimum Gasteiger partial charge on any atom is -0.507 e. The third-order valence-electron chi connectivity index (χ3n) is 4.70. The van der Waals surface area contributed by atoms with E-state index in [2.05, 4.69) is 15.1 Å². The molecule has 1 aromatic heterocycles. The zero-order chi connectivity index (χ0) is 21.1. The minimum atomic E-state index is -0.513. The Hall–Kier alpha value is -3.25. The number of carbonyl (C=O) groups is 1. The number of phenolic OH excluding ortho intramolecular Hbond substituents is 1. The van der Waals surface area contributed by atoms with Crippen molar-refractivity contribution < 1.29 is 14.6 Å². The lowest BCUT2D eigenvalue weighted by Crippen LogP contribution is -2.17. The van der Waals surface area contributed by atoms with Gasteiger partial charge in [0.05, 0.1) is 18.9 Å². The molecule has 0 saturated heterocycles. The van der Waals surface area contributed by atoms with Gasteiger partial charge in [-0.2, -0.15) is 5.10 Å². The molecule has 3 rings (SSSR count). The molecule has 7 heteroatoms. The number of benzene rings is 2. The molecule has 0 radical (unpaired) electrons. The molecule has 0 saturated carbocycles. The number of rotatable bonds is 5. The van der Waals surface area contributed by atoms with Crippen LogP contribution in [0.4, 0.5) is 0 Å². The number of aromatic hydroxyl groups is 1. The Kier molecular flexibility index (Phi) is 5.94. The number of hydrogen-bond donors (Lipinski definition) is 2. The molecule has 29 heavy (non-hydrogen) atoms. The van der Waals surface area contributed by atoms with Gasteiger partial charge in [-0.1, -0.05) is 17.7 Å². The highest BCUT2D eigenvalue weighted by Gasteiger charge is 2.13. The lowest BCUT2D eigenvalue weighted by Gasteiger charge is -2.11. The zero-order valence-electron chi connectivity index (χ0n) is 16.7. The maximum atomic E-state index is 12.3.